The predicted molar refractivity (Wildman–Crippen MR) is 53.1 cm³/mol. The maximum Gasteiger partial charge on any atom is 0.184 e. The van der Waals surface area contributed by atoms with Crippen LogP contribution in [0.1, 0.15) is 0 Å². The van der Waals surface area contributed by atoms with Crippen molar-refractivity contribution in [3.05, 3.63) is 48.7 Å². The molecular weight excluding hydrogens is 160 g/mol. The summed E-state index contributed by atoms with van der Waals surface area (Å²) in [7, 11) is 0. The van der Waals surface area contributed by atoms with Crippen LogP contribution in [0.15, 0.2) is 48.7 Å². The van der Waals surface area contributed by atoms with Crippen molar-refractivity contribution in [3.63, 3.8) is 0 Å². The van der Waals surface area contributed by atoms with Crippen molar-refractivity contribution >= 4 is 5.69 Å². The highest BCUT2D eigenvalue weighted by Gasteiger charge is 2.00. The van der Waals surface area contributed by atoms with Gasteiger partial charge in [0.15, 0.2) is 6.19 Å². The minimum Gasteiger partial charge on any atom is -0.275 e. The first-order valence-corrected chi connectivity index (χ1v) is 3.95. The number of hydrogen-bond acceptors (Lipinski definition) is 2. The smallest absolute Gasteiger partial charge is 0.184 e. The second kappa shape index (κ2) is 4.82. The Hall–Kier alpha value is -1.97. The average Bonchev–Trinajstić information content (AvgIpc) is 2.21. The third-order valence-corrected chi connectivity index (χ3v) is 1.61. The van der Waals surface area contributed by atoms with E-state index in [9.17, 15) is 0 Å². The Balaban J connectivity index is 2.80. The van der Waals surface area contributed by atoms with Crippen LogP contribution in [0.2, 0.25) is 0 Å². The molecule has 0 N–H and O–H groups in total. The molecule has 1 aromatic rings. The molecule has 0 heterocycles. The number of para-hydroxylation sites is 1. The SMILES string of the molecule is C=C=CCN(C#N)c1ccccc1. The zero-order valence-corrected chi connectivity index (χ0v) is 7.27. The van der Waals surface area contributed by atoms with Crippen molar-refractivity contribution in [1.82, 2.24) is 0 Å². The number of nitriles is 1. The zero-order valence-electron chi connectivity index (χ0n) is 7.27. The quantitative estimate of drug-likeness (QED) is 0.395. The summed E-state index contributed by atoms with van der Waals surface area (Å²) in [4.78, 5) is 1.57. The number of benzene rings is 1. The van der Waals surface area contributed by atoms with E-state index < -0.39 is 0 Å². The summed E-state index contributed by atoms with van der Waals surface area (Å²) in [6, 6.07) is 9.50. The monoisotopic (exact) mass is 170 g/mol. The van der Waals surface area contributed by atoms with Gasteiger partial charge >= 0.3 is 0 Å². The van der Waals surface area contributed by atoms with E-state index >= 15 is 0 Å². The maximum atomic E-state index is 8.81. The average molecular weight is 170 g/mol. The molecule has 0 radical (unpaired) electrons. The van der Waals surface area contributed by atoms with Crippen molar-refractivity contribution in [1.29, 1.82) is 5.26 Å². The van der Waals surface area contributed by atoms with Gasteiger partial charge in [0.25, 0.3) is 0 Å². The fourth-order valence-electron chi connectivity index (χ4n) is 0.968. The predicted octanol–water partition coefficient (Wildman–Crippen LogP) is 2.32. The molecule has 0 saturated carbocycles. The number of nitrogens with zero attached hydrogens (tertiary/aromatic N) is 2. The molecule has 64 valence electrons. The van der Waals surface area contributed by atoms with Crippen molar-refractivity contribution in [3.8, 4) is 6.19 Å². The van der Waals surface area contributed by atoms with Crippen LogP contribution in [0.5, 0.6) is 0 Å². The third kappa shape index (κ3) is 2.52. The van der Waals surface area contributed by atoms with E-state index in [0.29, 0.717) is 6.54 Å². The summed E-state index contributed by atoms with van der Waals surface area (Å²) in [5.41, 5.74) is 3.52. The van der Waals surface area contributed by atoms with Gasteiger partial charge in [-0.05, 0) is 18.2 Å². The van der Waals surface area contributed by atoms with E-state index in [0.717, 1.165) is 5.69 Å². The molecule has 2 nitrogen and oxygen atoms in total. The molecule has 2 heteroatoms. The second-order valence-corrected chi connectivity index (χ2v) is 2.45. The highest BCUT2D eigenvalue weighted by molar-refractivity contribution is 5.50. The van der Waals surface area contributed by atoms with Gasteiger partial charge < -0.3 is 0 Å². The topological polar surface area (TPSA) is 27.0 Å². The Bertz CT molecular complexity index is 342. The first-order valence-electron chi connectivity index (χ1n) is 3.95. The Kier molecular flexibility index (Phi) is 3.38. The van der Waals surface area contributed by atoms with Gasteiger partial charge in [-0.3, -0.25) is 4.90 Å². The highest BCUT2D eigenvalue weighted by atomic mass is 15.1. The molecule has 13 heavy (non-hydrogen) atoms. The summed E-state index contributed by atoms with van der Waals surface area (Å²) in [6.07, 6.45) is 3.81. The van der Waals surface area contributed by atoms with E-state index in [4.69, 9.17) is 5.26 Å². The van der Waals surface area contributed by atoms with Crippen LogP contribution in [0.25, 0.3) is 0 Å². The molecule has 0 aliphatic carbocycles. The van der Waals surface area contributed by atoms with E-state index in [1.54, 1.807) is 11.0 Å². The lowest BCUT2D eigenvalue weighted by atomic mass is 10.3. The lowest BCUT2D eigenvalue weighted by molar-refractivity contribution is 1.10. The van der Waals surface area contributed by atoms with Gasteiger partial charge in [-0.1, -0.05) is 24.8 Å². The highest BCUT2D eigenvalue weighted by Crippen LogP contribution is 2.11. The van der Waals surface area contributed by atoms with Gasteiger partial charge in [0.1, 0.15) is 0 Å². The van der Waals surface area contributed by atoms with Gasteiger partial charge in [-0.25, -0.2) is 0 Å². The summed E-state index contributed by atoms with van der Waals surface area (Å²) in [5, 5.41) is 8.81. The lowest BCUT2D eigenvalue weighted by Crippen LogP contribution is -2.15. The molecule has 0 aliphatic heterocycles. The van der Waals surface area contributed by atoms with Crippen molar-refractivity contribution in [2.45, 2.75) is 0 Å². The number of hydrogen-bond donors (Lipinski definition) is 0. The van der Waals surface area contributed by atoms with Gasteiger partial charge in [-0.2, -0.15) is 5.26 Å². The maximum absolute atomic E-state index is 8.81. The molecule has 0 saturated heterocycles. The Morgan fingerprint density at radius 3 is 2.62 bits per heavy atom. The van der Waals surface area contributed by atoms with Crippen molar-refractivity contribution in [2.24, 2.45) is 0 Å². The molecule has 0 unspecified atom stereocenters. The molecule has 1 aromatic carbocycles. The standard InChI is InChI=1S/C11H10N2/c1-2-3-9-13(10-12)11-7-5-4-6-8-11/h3-8H,1,9H2. The molecular formula is C11H10N2. The van der Waals surface area contributed by atoms with Crippen LogP contribution in [0, 0.1) is 11.5 Å². The fraction of sp³-hybridized carbons (Fsp3) is 0.0909. The van der Waals surface area contributed by atoms with Crippen LogP contribution in [-0.4, -0.2) is 6.54 Å². The van der Waals surface area contributed by atoms with Crippen LogP contribution in [0.4, 0.5) is 5.69 Å². The molecule has 0 aliphatic rings. The molecule has 1 rings (SSSR count). The second-order valence-electron chi connectivity index (χ2n) is 2.45. The first kappa shape index (κ1) is 9.12. The summed E-state index contributed by atoms with van der Waals surface area (Å²) in [6.45, 7) is 3.96. The Labute approximate surface area is 78.0 Å². The molecule has 0 bridgehead atoms. The summed E-state index contributed by atoms with van der Waals surface area (Å²) >= 11 is 0. The molecule has 0 spiro atoms. The Morgan fingerprint density at radius 2 is 2.08 bits per heavy atom. The molecule has 0 aromatic heterocycles. The lowest BCUT2D eigenvalue weighted by Gasteiger charge is -2.11. The van der Waals surface area contributed by atoms with Crippen LogP contribution >= 0.6 is 0 Å². The van der Waals surface area contributed by atoms with E-state index in [-0.39, 0.29) is 0 Å². The summed E-state index contributed by atoms with van der Waals surface area (Å²) in [5.74, 6) is 0. The van der Waals surface area contributed by atoms with Crippen LogP contribution in [-0.2, 0) is 0 Å². The van der Waals surface area contributed by atoms with Crippen molar-refractivity contribution < 1.29 is 0 Å². The molecule has 0 amide bonds. The number of anilines is 1. The largest absolute Gasteiger partial charge is 0.275 e. The van der Waals surface area contributed by atoms with E-state index in [1.165, 1.54) is 0 Å². The van der Waals surface area contributed by atoms with Crippen molar-refractivity contribution in [2.75, 3.05) is 11.4 Å². The minimum atomic E-state index is 0.518. The third-order valence-electron chi connectivity index (χ3n) is 1.61. The van der Waals surface area contributed by atoms with Gasteiger partial charge in [0.05, 0.1) is 12.2 Å². The van der Waals surface area contributed by atoms with E-state index in [2.05, 4.69) is 18.5 Å². The molecule has 0 atom stereocenters. The number of rotatable bonds is 3. The molecule has 0 fully saturated rings. The van der Waals surface area contributed by atoms with Gasteiger partial charge in [0.2, 0.25) is 0 Å². The Morgan fingerprint density at radius 1 is 1.38 bits per heavy atom. The normalized spacial score (nSPS) is 8.23. The zero-order chi connectivity index (χ0) is 9.52. The first-order chi connectivity index (χ1) is 6.38. The van der Waals surface area contributed by atoms with E-state index in [1.807, 2.05) is 30.3 Å². The van der Waals surface area contributed by atoms with Gasteiger partial charge in [-0.15, -0.1) is 5.73 Å². The summed E-state index contributed by atoms with van der Waals surface area (Å²) < 4.78 is 0. The van der Waals surface area contributed by atoms with Crippen LogP contribution < -0.4 is 4.90 Å². The van der Waals surface area contributed by atoms with Crippen LogP contribution in [0.3, 0.4) is 0 Å². The van der Waals surface area contributed by atoms with Gasteiger partial charge in [0, 0.05) is 0 Å². The minimum absolute atomic E-state index is 0.518. The fourth-order valence-corrected chi connectivity index (χ4v) is 0.968.